The summed E-state index contributed by atoms with van der Waals surface area (Å²) in [5, 5.41) is 10.1. The molecule has 0 aliphatic heterocycles. The van der Waals surface area contributed by atoms with E-state index in [2.05, 4.69) is 31.9 Å². The number of thioether (sulfide) groups is 1. The highest BCUT2D eigenvalue weighted by Crippen LogP contribution is 2.24. The molecule has 0 aromatic heterocycles. The van der Waals surface area contributed by atoms with Crippen molar-refractivity contribution in [3.8, 4) is 0 Å². The van der Waals surface area contributed by atoms with Crippen molar-refractivity contribution in [2.24, 2.45) is 0 Å². The second-order valence-electron chi connectivity index (χ2n) is 4.37. The highest BCUT2D eigenvalue weighted by atomic mass is 79.9. The van der Waals surface area contributed by atoms with Gasteiger partial charge >= 0.3 is 0 Å². The Labute approximate surface area is 138 Å². The van der Waals surface area contributed by atoms with Crippen molar-refractivity contribution in [2.45, 2.75) is 17.4 Å². The highest BCUT2D eigenvalue weighted by Gasteiger charge is 2.08. The molecule has 0 saturated heterocycles. The number of hydrogen-bond acceptors (Lipinski definition) is 2. The molecule has 0 radical (unpaired) electrons. The van der Waals surface area contributed by atoms with Crippen molar-refractivity contribution in [2.75, 3.05) is 5.75 Å². The molecule has 1 N–H and O–H groups in total. The summed E-state index contributed by atoms with van der Waals surface area (Å²) in [7, 11) is 0. The first kappa shape index (κ1) is 16.0. The van der Waals surface area contributed by atoms with Crippen LogP contribution in [-0.4, -0.2) is 17.0 Å². The van der Waals surface area contributed by atoms with Crippen molar-refractivity contribution in [1.29, 1.82) is 0 Å². The van der Waals surface area contributed by atoms with Crippen molar-refractivity contribution >= 4 is 43.6 Å². The molecule has 20 heavy (non-hydrogen) atoms. The van der Waals surface area contributed by atoms with Crippen LogP contribution in [0.15, 0.2) is 56.3 Å². The van der Waals surface area contributed by atoms with Gasteiger partial charge in [0.25, 0.3) is 0 Å². The second-order valence-corrected chi connectivity index (χ2v) is 7.24. The molecule has 0 aliphatic rings. The summed E-state index contributed by atoms with van der Waals surface area (Å²) in [6, 6.07) is 12.8. The first-order chi connectivity index (χ1) is 9.54. The number of aliphatic hydroxyl groups is 1. The Morgan fingerprint density at radius 2 is 1.95 bits per heavy atom. The predicted octanol–water partition coefficient (Wildman–Crippen LogP) is 5.05. The zero-order valence-corrected chi connectivity index (χ0v) is 14.5. The van der Waals surface area contributed by atoms with Gasteiger partial charge in [0.1, 0.15) is 5.82 Å². The number of rotatable bonds is 5. The van der Waals surface area contributed by atoms with Crippen molar-refractivity contribution in [3.05, 3.63) is 62.8 Å². The summed E-state index contributed by atoms with van der Waals surface area (Å²) in [5.74, 6) is 0.317. The maximum atomic E-state index is 13.1. The summed E-state index contributed by atoms with van der Waals surface area (Å²) in [6.07, 6.45) is 0.0521. The van der Waals surface area contributed by atoms with Gasteiger partial charge in [-0.1, -0.05) is 28.1 Å². The highest BCUT2D eigenvalue weighted by molar-refractivity contribution is 9.10. The molecule has 2 aromatic carbocycles. The normalized spacial score (nSPS) is 12.4. The number of halogens is 3. The molecule has 0 bridgehead atoms. The summed E-state index contributed by atoms with van der Waals surface area (Å²) in [6.45, 7) is 0. The second kappa shape index (κ2) is 7.59. The molecule has 2 rings (SSSR count). The Kier molecular flexibility index (Phi) is 6.08. The van der Waals surface area contributed by atoms with E-state index in [1.54, 1.807) is 23.9 Å². The van der Waals surface area contributed by atoms with E-state index < -0.39 is 6.10 Å². The van der Waals surface area contributed by atoms with Gasteiger partial charge in [-0.05, 0) is 58.2 Å². The molecule has 1 unspecified atom stereocenters. The summed E-state index contributed by atoms with van der Waals surface area (Å²) in [5.41, 5.74) is 0.917. The predicted molar refractivity (Wildman–Crippen MR) is 88.7 cm³/mol. The molecule has 0 saturated carbocycles. The van der Waals surface area contributed by atoms with Gasteiger partial charge in [-0.15, -0.1) is 11.8 Å². The van der Waals surface area contributed by atoms with Gasteiger partial charge in [-0.3, -0.25) is 0 Å². The zero-order valence-electron chi connectivity index (χ0n) is 10.5. The molecule has 0 heterocycles. The summed E-state index contributed by atoms with van der Waals surface area (Å²) >= 11 is 8.18. The van der Waals surface area contributed by atoms with Crippen molar-refractivity contribution in [1.82, 2.24) is 0 Å². The Balaban J connectivity index is 1.89. The topological polar surface area (TPSA) is 20.2 Å². The van der Waals surface area contributed by atoms with Crippen LogP contribution in [0.3, 0.4) is 0 Å². The first-order valence-corrected chi connectivity index (χ1v) is 8.62. The largest absolute Gasteiger partial charge is 0.392 e. The van der Waals surface area contributed by atoms with E-state index in [1.165, 1.54) is 6.07 Å². The molecule has 5 heteroatoms. The van der Waals surface area contributed by atoms with Crippen LogP contribution in [-0.2, 0) is 6.42 Å². The molecule has 1 nitrogen and oxygen atoms in total. The van der Waals surface area contributed by atoms with Crippen LogP contribution >= 0.6 is 43.6 Å². The van der Waals surface area contributed by atoms with Gasteiger partial charge in [0.2, 0.25) is 0 Å². The van der Waals surface area contributed by atoms with Crippen LogP contribution in [0.4, 0.5) is 4.39 Å². The van der Waals surface area contributed by atoms with E-state index in [-0.39, 0.29) is 5.82 Å². The molecule has 106 valence electrons. The molecule has 0 amide bonds. The molecule has 2 aromatic rings. The van der Waals surface area contributed by atoms with E-state index >= 15 is 0 Å². The van der Waals surface area contributed by atoms with E-state index in [0.717, 1.165) is 14.9 Å². The van der Waals surface area contributed by atoms with Crippen molar-refractivity contribution in [3.63, 3.8) is 0 Å². The minimum Gasteiger partial charge on any atom is -0.392 e. The van der Waals surface area contributed by atoms with Crippen LogP contribution in [0.5, 0.6) is 0 Å². The molecule has 0 fully saturated rings. The van der Waals surface area contributed by atoms with Gasteiger partial charge < -0.3 is 5.11 Å². The van der Waals surface area contributed by atoms with Gasteiger partial charge in [0, 0.05) is 15.1 Å². The molecular weight excluding hydrogens is 407 g/mol. The van der Waals surface area contributed by atoms with Crippen LogP contribution in [0, 0.1) is 5.82 Å². The lowest BCUT2D eigenvalue weighted by molar-refractivity contribution is 0.200. The molecule has 0 aliphatic carbocycles. The fourth-order valence-corrected chi connectivity index (χ4v) is 3.61. The average Bonchev–Trinajstić information content (AvgIpc) is 2.41. The van der Waals surface area contributed by atoms with Crippen LogP contribution in [0.1, 0.15) is 5.56 Å². The van der Waals surface area contributed by atoms with Gasteiger partial charge in [0.15, 0.2) is 0 Å². The van der Waals surface area contributed by atoms with Gasteiger partial charge in [-0.25, -0.2) is 4.39 Å². The summed E-state index contributed by atoms with van der Waals surface area (Å²) < 4.78 is 14.6. The van der Waals surface area contributed by atoms with Crippen LogP contribution in [0.25, 0.3) is 0 Å². The van der Waals surface area contributed by atoms with Gasteiger partial charge in [-0.2, -0.15) is 0 Å². The van der Waals surface area contributed by atoms with Crippen LogP contribution < -0.4 is 0 Å². The quantitative estimate of drug-likeness (QED) is 0.684. The third kappa shape index (κ3) is 4.88. The third-order valence-electron chi connectivity index (χ3n) is 2.69. The Morgan fingerprint density at radius 1 is 1.15 bits per heavy atom. The Hall–Kier alpha value is -0.360. The van der Waals surface area contributed by atoms with E-state index in [0.29, 0.717) is 16.6 Å². The van der Waals surface area contributed by atoms with E-state index in [9.17, 15) is 9.50 Å². The standard InChI is InChI=1S/C15H13Br2FOS/c16-11-2-1-3-13(8-11)20-9-12(19)6-10-4-5-15(18)14(17)7-10/h1-5,7-8,12,19H,6,9H2. The molecular formula is C15H13Br2FOS. The maximum absolute atomic E-state index is 13.1. The number of aliphatic hydroxyl groups excluding tert-OH is 1. The lowest BCUT2D eigenvalue weighted by atomic mass is 10.1. The van der Waals surface area contributed by atoms with E-state index in [4.69, 9.17) is 0 Å². The Bertz CT molecular complexity index is 592. The SMILES string of the molecule is OC(CSc1cccc(Br)c1)Cc1ccc(F)c(Br)c1. The summed E-state index contributed by atoms with van der Waals surface area (Å²) in [4.78, 5) is 1.11. The van der Waals surface area contributed by atoms with Crippen LogP contribution in [0.2, 0.25) is 0 Å². The maximum Gasteiger partial charge on any atom is 0.137 e. The lowest BCUT2D eigenvalue weighted by Crippen LogP contribution is -2.13. The smallest absolute Gasteiger partial charge is 0.137 e. The fourth-order valence-electron chi connectivity index (χ4n) is 1.75. The number of benzene rings is 2. The average molecular weight is 420 g/mol. The molecule has 0 spiro atoms. The number of hydrogen-bond donors (Lipinski definition) is 1. The first-order valence-electron chi connectivity index (χ1n) is 6.05. The van der Waals surface area contributed by atoms with E-state index in [1.807, 2.05) is 24.3 Å². The Morgan fingerprint density at radius 3 is 2.65 bits per heavy atom. The lowest BCUT2D eigenvalue weighted by Gasteiger charge is -2.11. The third-order valence-corrected chi connectivity index (χ3v) is 4.93. The fraction of sp³-hybridized carbons (Fsp3) is 0.200. The van der Waals surface area contributed by atoms with Gasteiger partial charge in [0.05, 0.1) is 10.6 Å². The zero-order chi connectivity index (χ0) is 14.5. The van der Waals surface area contributed by atoms with Crippen molar-refractivity contribution < 1.29 is 9.50 Å². The monoisotopic (exact) mass is 418 g/mol. The minimum atomic E-state index is -0.462. The molecule has 1 atom stereocenters. The minimum absolute atomic E-state index is 0.285.